The van der Waals surface area contributed by atoms with Crippen molar-refractivity contribution in [2.24, 2.45) is 5.41 Å². The Bertz CT molecular complexity index is 883. The molecule has 8 nitrogen and oxygen atoms in total. The van der Waals surface area contributed by atoms with Gasteiger partial charge in [0.1, 0.15) is 6.04 Å². The summed E-state index contributed by atoms with van der Waals surface area (Å²) in [6.45, 7) is 10.3. The van der Waals surface area contributed by atoms with E-state index in [0.29, 0.717) is 49.5 Å². The molecule has 1 atom stereocenters. The van der Waals surface area contributed by atoms with E-state index in [0.717, 1.165) is 5.56 Å². The Morgan fingerprint density at radius 2 is 1.80 bits per heavy atom. The van der Waals surface area contributed by atoms with Gasteiger partial charge in [-0.2, -0.15) is 4.98 Å². The number of carbonyl (C=O) groups is 2. The zero-order valence-electron chi connectivity index (χ0n) is 17.8. The Hall–Kier alpha value is -2.45. The molecule has 0 aliphatic carbocycles. The number of rotatable bonds is 5. The summed E-state index contributed by atoms with van der Waals surface area (Å²) in [7, 11) is 0. The molecule has 30 heavy (non-hydrogen) atoms. The van der Waals surface area contributed by atoms with E-state index >= 15 is 0 Å². The van der Waals surface area contributed by atoms with E-state index in [4.69, 9.17) is 16.1 Å². The topological polar surface area (TPSA) is 91.6 Å². The summed E-state index contributed by atoms with van der Waals surface area (Å²) in [6.07, 6.45) is 0. The first-order chi connectivity index (χ1) is 14.1. The molecule has 1 aromatic carbocycles. The largest absolute Gasteiger partial charge is 0.344 e. The zero-order chi connectivity index (χ0) is 21.9. The minimum atomic E-state index is -0.541. The highest BCUT2D eigenvalue weighted by atomic mass is 35.5. The Labute approximate surface area is 181 Å². The fourth-order valence-electron chi connectivity index (χ4n) is 3.10. The molecule has 1 fully saturated rings. The van der Waals surface area contributed by atoms with Crippen LogP contribution < -0.4 is 5.32 Å². The molecule has 0 spiro atoms. The fourth-order valence-corrected chi connectivity index (χ4v) is 3.23. The van der Waals surface area contributed by atoms with Crippen LogP contribution >= 0.6 is 11.6 Å². The molecule has 2 aromatic rings. The van der Waals surface area contributed by atoms with Crippen LogP contribution in [0.1, 0.15) is 33.6 Å². The second-order valence-electron chi connectivity index (χ2n) is 8.57. The van der Waals surface area contributed by atoms with Gasteiger partial charge in [-0.25, -0.2) is 0 Å². The molecular formula is C21H28ClN5O3. The summed E-state index contributed by atoms with van der Waals surface area (Å²) in [6, 6.07) is 6.73. The Morgan fingerprint density at radius 3 is 2.40 bits per heavy atom. The number of aromatic nitrogens is 2. The van der Waals surface area contributed by atoms with E-state index < -0.39 is 11.5 Å². The Morgan fingerprint density at radius 1 is 1.17 bits per heavy atom. The van der Waals surface area contributed by atoms with Gasteiger partial charge in [-0.15, -0.1) is 0 Å². The van der Waals surface area contributed by atoms with Crippen LogP contribution in [-0.2, 0) is 16.1 Å². The maximum absolute atomic E-state index is 12.7. The minimum Gasteiger partial charge on any atom is -0.344 e. The van der Waals surface area contributed by atoms with Crippen molar-refractivity contribution in [3.63, 3.8) is 0 Å². The van der Waals surface area contributed by atoms with Crippen molar-refractivity contribution in [2.75, 3.05) is 26.2 Å². The van der Waals surface area contributed by atoms with Crippen molar-refractivity contribution < 1.29 is 14.1 Å². The van der Waals surface area contributed by atoms with Crippen LogP contribution in [0.3, 0.4) is 0 Å². The van der Waals surface area contributed by atoms with Crippen LogP contribution in [0.25, 0.3) is 11.4 Å². The van der Waals surface area contributed by atoms with E-state index in [2.05, 4.69) is 20.4 Å². The lowest BCUT2D eigenvalue weighted by Crippen LogP contribution is -2.55. The number of nitrogens with zero attached hydrogens (tertiary/aromatic N) is 4. The average Bonchev–Trinajstić information content (AvgIpc) is 3.16. The van der Waals surface area contributed by atoms with Crippen molar-refractivity contribution in [1.29, 1.82) is 0 Å². The number of carbonyl (C=O) groups excluding carboxylic acids is 2. The molecule has 2 heterocycles. The second kappa shape index (κ2) is 9.14. The number of nitrogens with one attached hydrogen (secondary N) is 1. The summed E-state index contributed by atoms with van der Waals surface area (Å²) in [5.74, 6) is 0.870. The van der Waals surface area contributed by atoms with Gasteiger partial charge in [-0.1, -0.05) is 37.5 Å². The van der Waals surface area contributed by atoms with Gasteiger partial charge >= 0.3 is 0 Å². The third-order valence-electron chi connectivity index (χ3n) is 5.01. The number of hydrogen-bond donors (Lipinski definition) is 1. The maximum atomic E-state index is 12.7. The van der Waals surface area contributed by atoms with Crippen molar-refractivity contribution in [3.05, 3.63) is 35.2 Å². The standard InChI is InChI=1S/C21H28ClN5O3/c1-14(23-20(29)21(2,3)4)19(28)27-11-9-26(10-12-27)13-17-24-18(25-30-17)15-5-7-16(22)8-6-15/h5-8,14H,9-13H2,1-4H3,(H,23,29). The molecule has 1 unspecified atom stereocenters. The summed E-state index contributed by atoms with van der Waals surface area (Å²) >= 11 is 5.91. The molecule has 9 heteroatoms. The molecule has 0 radical (unpaired) electrons. The van der Waals surface area contributed by atoms with E-state index in [1.54, 1.807) is 24.0 Å². The van der Waals surface area contributed by atoms with E-state index in [1.165, 1.54) is 0 Å². The monoisotopic (exact) mass is 433 g/mol. The number of halogens is 1. The predicted octanol–water partition coefficient (Wildman–Crippen LogP) is 2.59. The molecule has 2 amide bonds. The van der Waals surface area contributed by atoms with Crippen LogP contribution in [0, 0.1) is 5.41 Å². The molecule has 1 aliphatic rings. The van der Waals surface area contributed by atoms with Crippen LogP contribution in [0.2, 0.25) is 5.02 Å². The highest BCUT2D eigenvalue weighted by Crippen LogP contribution is 2.19. The van der Waals surface area contributed by atoms with Gasteiger partial charge in [0.05, 0.1) is 6.54 Å². The van der Waals surface area contributed by atoms with Gasteiger partial charge in [0.2, 0.25) is 23.5 Å². The van der Waals surface area contributed by atoms with E-state index in [1.807, 2.05) is 32.9 Å². The summed E-state index contributed by atoms with van der Waals surface area (Å²) in [5.41, 5.74) is 0.318. The van der Waals surface area contributed by atoms with Gasteiger partial charge in [0, 0.05) is 42.2 Å². The lowest BCUT2D eigenvalue weighted by Gasteiger charge is -2.35. The lowest BCUT2D eigenvalue weighted by atomic mass is 9.95. The fraction of sp³-hybridized carbons (Fsp3) is 0.524. The minimum absolute atomic E-state index is 0.0601. The molecular weight excluding hydrogens is 406 g/mol. The number of amides is 2. The van der Waals surface area contributed by atoms with Crippen molar-refractivity contribution in [2.45, 2.75) is 40.3 Å². The first kappa shape index (κ1) is 22.2. The molecule has 0 saturated carbocycles. The van der Waals surface area contributed by atoms with Crippen molar-refractivity contribution in [1.82, 2.24) is 25.3 Å². The average molecular weight is 434 g/mol. The highest BCUT2D eigenvalue weighted by molar-refractivity contribution is 6.30. The SMILES string of the molecule is CC(NC(=O)C(C)(C)C)C(=O)N1CCN(Cc2nc(-c3ccc(Cl)cc3)no2)CC1. The molecule has 3 rings (SSSR count). The molecule has 162 valence electrons. The first-order valence-electron chi connectivity index (χ1n) is 10.0. The molecule has 1 aliphatic heterocycles. The number of hydrogen-bond acceptors (Lipinski definition) is 6. The Kier molecular flexibility index (Phi) is 6.77. The van der Waals surface area contributed by atoms with Crippen LogP contribution in [0.5, 0.6) is 0 Å². The molecule has 1 aromatic heterocycles. The predicted molar refractivity (Wildman–Crippen MR) is 114 cm³/mol. The molecule has 1 saturated heterocycles. The number of benzene rings is 1. The lowest BCUT2D eigenvalue weighted by molar-refractivity contribution is -0.139. The molecule has 0 bridgehead atoms. The van der Waals surface area contributed by atoms with Gasteiger partial charge in [0.25, 0.3) is 0 Å². The second-order valence-corrected chi connectivity index (χ2v) is 9.00. The smallest absolute Gasteiger partial charge is 0.244 e. The third-order valence-corrected chi connectivity index (χ3v) is 5.26. The van der Waals surface area contributed by atoms with Crippen LogP contribution in [0.15, 0.2) is 28.8 Å². The zero-order valence-corrected chi connectivity index (χ0v) is 18.6. The molecule has 1 N–H and O–H groups in total. The number of piperazine rings is 1. The Balaban J connectivity index is 1.49. The van der Waals surface area contributed by atoms with Gasteiger partial charge in [-0.3, -0.25) is 14.5 Å². The van der Waals surface area contributed by atoms with Crippen LogP contribution in [-0.4, -0.2) is 64.0 Å². The van der Waals surface area contributed by atoms with E-state index in [-0.39, 0.29) is 11.8 Å². The van der Waals surface area contributed by atoms with Gasteiger partial charge in [0.15, 0.2) is 0 Å². The van der Waals surface area contributed by atoms with Gasteiger partial charge in [-0.05, 0) is 31.2 Å². The summed E-state index contributed by atoms with van der Waals surface area (Å²) < 4.78 is 5.38. The van der Waals surface area contributed by atoms with E-state index in [9.17, 15) is 9.59 Å². The first-order valence-corrected chi connectivity index (χ1v) is 10.4. The van der Waals surface area contributed by atoms with Gasteiger partial charge < -0.3 is 14.7 Å². The van der Waals surface area contributed by atoms with Crippen LogP contribution in [0.4, 0.5) is 0 Å². The normalized spacial score (nSPS) is 16.4. The van der Waals surface area contributed by atoms with Crippen molar-refractivity contribution >= 4 is 23.4 Å². The highest BCUT2D eigenvalue weighted by Gasteiger charge is 2.29. The summed E-state index contributed by atoms with van der Waals surface area (Å²) in [4.78, 5) is 33.2. The quantitative estimate of drug-likeness (QED) is 0.779. The maximum Gasteiger partial charge on any atom is 0.244 e. The third kappa shape index (κ3) is 5.58. The van der Waals surface area contributed by atoms with Crippen molar-refractivity contribution in [3.8, 4) is 11.4 Å². The summed E-state index contributed by atoms with van der Waals surface area (Å²) in [5, 5.41) is 7.49.